The van der Waals surface area contributed by atoms with E-state index in [2.05, 4.69) is 17.4 Å². The summed E-state index contributed by atoms with van der Waals surface area (Å²) in [5, 5.41) is 3.11. The molecule has 0 bridgehead atoms. The third kappa shape index (κ3) is 3.60. The van der Waals surface area contributed by atoms with Gasteiger partial charge in [-0.15, -0.1) is 11.6 Å². The summed E-state index contributed by atoms with van der Waals surface area (Å²) in [7, 11) is 0. The fraction of sp³-hybridized carbons (Fsp3) is 0.611. The monoisotopic (exact) mass is 305 g/mol. The Morgan fingerprint density at radius 3 is 2.57 bits per heavy atom. The molecule has 1 amide bonds. The Kier molecular flexibility index (Phi) is 4.84. The Balaban J connectivity index is 1.79. The van der Waals surface area contributed by atoms with Gasteiger partial charge in [-0.25, -0.2) is 0 Å². The van der Waals surface area contributed by atoms with Gasteiger partial charge < -0.3 is 5.32 Å². The summed E-state index contributed by atoms with van der Waals surface area (Å²) in [4.78, 5) is 11.6. The first-order valence-corrected chi connectivity index (χ1v) is 8.74. The number of rotatable bonds is 2. The first kappa shape index (κ1) is 14.9. The minimum Gasteiger partial charge on any atom is -0.326 e. The van der Waals surface area contributed by atoms with Crippen molar-refractivity contribution >= 4 is 23.2 Å². The fourth-order valence-corrected chi connectivity index (χ4v) is 4.03. The molecular formula is C18H24ClNO. The Hall–Kier alpha value is -1.02. The van der Waals surface area contributed by atoms with Crippen LogP contribution in [0.4, 0.5) is 5.69 Å². The van der Waals surface area contributed by atoms with Crippen molar-refractivity contribution < 1.29 is 4.79 Å². The maximum Gasteiger partial charge on any atom is 0.224 e. The molecule has 3 heteroatoms. The molecule has 1 aromatic carbocycles. The first-order chi connectivity index (χ1) is 10.2. The van der Waals surface area contributed by atoms with Gasteiger partial charge in [0, 0.05) is 12.1 Å². The molecule has 1 unspecified atom stereocenters. The molecule has 0 spiro atoms. The summed E-state index contributed by atoms with van der Waals surface area (Å²) in [6.45, 7) is 0. The number of amides is 1. The zero-order valence-corrected chi connectivity index (χ0v) is 13.3. The lowest BCUT2D eigenvalue weighted by atomic mass is 9.90. The minimum atomic E-state index is 0.118. The van der Waals surface area contributed by atoms with Gasteiger partial charge in [0.15, 0.2) is 0 Å². The highest BCUT2D eigenvalue weighted by Gasteiger charge is 2.23. The van der Waals surface area contributed by atoms with Gasteiger partial charge in [0.25, 0.3) is 0 Å². The fourth-order valence-electron chi connectivity index (χ4n) is 3.64. The molecule has 1 aromatic rings. The molecule has 0 saturated heterocycles. The van der Waals surface area contributed by atoms with E-state index >= 15 is 0 Å². The zero-order valence-electron chi connectivity index (χ0n) is 12.5. The molecular weight excluding hydrogens is 282 g/mol. The summed E-state index contributed by atoms with van der Waals surface area (Å²) in [6, 6.07) is 6.37. The average Bonchev–Trinajstić information content (AvgIpc) is 2.85. The van der Waals surface area contributed by atoms with Crippen LogP contribution in [0.2, 0.25) is 0 Å². The third-order valence-corrected chi connectivity index (χ3v) is 5.49. The number of alkyl halides is 1. The predicted octanol–water partition coefficient (Wildman–Crippen LogP) is 5.21. The van der Waals surface area contributed by atoms with Gasteiger partial charge >= 0.3 is 0 Å². The molecule has 1 N–H and O–H groups in total. The number of benzene rings is 1. The lowest BCUT2D eigenvalue weighted by Gasteiger charge is -2.22. The SMILES string of the molecule is O=C1CCCc2cc(C(Cl)C3CCCCCC3)ccc2N1. The van der Waals surface area contributed by atoms with Crippen LogP contribution in [0, 0.1) is 5.92 Å². The predicted molar refractivity (Wildman–Crippen MR) is 87.8 cm³/mol. The van der Waals surface area contributed by atoms with Crippen molar-refractivity contribution in [3.63, 3.8) is 0 Å². The lowest BCUT2D eigenvalue weighted by Crippen LogP contribution is -2.10. The molecule has 114 valence electrons. The van der Waals surface area contributed by atoms with Crippen molar-refractivity contribution in [3.8, 4) is 0 Å². The number of carbonyl (C=O) groups is 1. The molecule has 1 fully saturated rings. The topological polar surface area (TPSA) is 29.1 Å². The van der Waals surface area contributed by atoms with Crippen molar-refractivity contribution in [1.82, 2.24) is 0 Å². The van der Waals surface area contributed by atoms with E-state index in [1.54, 1.807) is 0 Å². The number of carbonyl (C=O) groups excluding carboxylic acids is 1. The van der Waals surface area contributed by atoms with Gasteiger partial charge in [-0.3, -0.25) is 4.79 Å². The van der Waals surface area contributed by atoms with Gasteiger partial charge in [0.1, 0.15) is 0 Å². The number of hydrogen-bond acceptors (Lipinski definition) is 1. The van der Waals surface area contributed by atoms with E-state index in [1.165, 1.54) is 49.7 Å². The molecule has 2 nitrogen and oxygen atoms in total. The van der Waals surface area contributed by atoms with E-state index in [4.69, 9.17) is 11.6 Å². The molecule has 1 aliphatic carbocycles. The Bertz CT molecular complexity index is 506. The standard InChI is InChI=1S/C18H24ClNO/c19-18(13-6-3-1-2-4-7-13)15-10-11-16-14(12-15)8-5-9-17(21)20-16/h10-13,18H,1-9H2,(H,20,21). The summed E-state index contributed by atoms with van der Waals surface area (Å²) < 4.78 is 0. The van der Waals surface area contributed by atoms with Gasteiger partial charge in [0.05, 0.1) is 5.38 Å². The lowest BCUT2D eigenvalue weighted by molar-refractivity contribution is -0.116. The van der Waals surface area contributed by atoms with Crippen LogP contribution in [-0.2, 0) is 11.2 Å². The smallest absolute Gasteiger partial charge is 0.224 e. The van der Waals surface area contributed by atoms with Gasteiger partial charge in [-0.1, -0.05) is 37.8 Å². The van der Waals surface area contributed by atoms with Crippen molar-refractivity contribution in [3.05, 3.63) is 29.3 Å². The number of fused-ring (bicyclic) bond motifs is 1. The van der Waals surface area contributed by atoms with E-state index in [1.807, 2.05) is 6.07 Å². The molecule has 1 saturated carbocycles. The number of halogens is 1. The maximum atomic E-state index is 11.6. The van der Waals surface area contributed by atoms with Gasteiger partial charge in [-0.2, -0.15) is 0 Å². The second kappa shape index (κ2) is 6.83. The zero-order chi connectivity index (χ0) is 14.7. The van der Waals surface area contributed by atoms with Crippen LogP contribution in [0.15, 0.2) is 18.2 Å². The molecule has 2 aliphatic rings. The average molecular weight is 306 g/mol. The van der Waals surface area contributed by atoms with Crippen LogP contribution in [0.1, 0.15) is 67.9 Å². The molecule has 21 heavy (non-hydrogen) atoms. The molecule has 0 radical (unpaired) electrons. The van der Waals surface area contributed by atoms with E-state index in [0.717, 1.165) is 18.5 Å². The second-order valence-corrected chi connectivity index (χ2v) is 6.94. The van der Waals surface area contributed by atoms with Gasteiger partial charge in [-0.05, 0) is 48.8 Å². The third-order valence-electron chi connectivity index (χ3n) is 4.89. The van der Waals surface area contributed by atoms with Crippen LogP contribution in [-0.4, -0.2) is 5.91 Å². The highest BCUT2D eigenvalue weighted by Crippen LogP contribution is 2.39. The normalized spacial score (nSPS) is 21.9. The molecule has 1 aliphatic heterocycles. The van der Waals surface area contributed by atoms with Crippen molar-refractivity contribution in [2.75, 3.05) is 5.32 Å². The number of hydrogen-bond donors (Lipinski definition) is 1. The molecule has 3 rings (SSSR count). The summed E-state index contributed by atoms with van der Waals surface area (Å²) in [5.74, 6) is 0.736. The van der Waals surface area contributed by atoms with Crippen LogP contribution in [0.25, 0.3) is 0 Å². The second-order valence-electron chi connectivity index (χ2n) is 6.47. The number of nitrogens with one attached hydrogen (secondary N) is 1. The molecule has 1 atom stereocenters. The summed E-state index contributed by atoms with van der Waals surface area (Å²) >= 11 is 6.78. The van der Waals surface area contributed by atoms with Crippen molar-refractivity contribution in [2.45, 2.75) is 63.2 Å². The Labute approximate surface area is 132 Å². The maximum absolute atomic E-state index is 11.6. The molecule has 1 heterocycles. The number of aryl methyl sites for hydroxylation is 1. The Morgan fingerprint density at radius 1 is 1.05 bits per heavy atom. The largest absolute Gasteiger partial charge is 0.326 e. The van der Waals surface area contributed by atoms with Crippen LogP contribution in [0.5, 0.6) is 0 Å². The van der Waals surface area contributed by atoms with E-state index in [9.17, 15) is 4.79 Å². The summed E-state index contributed by atoms with van der Waals surface area (Å²) in [6.07, 6.45) is 10.4. The quantitative estimate of drug-likeness (QED) is 0.589. The van der Waals surface area contributed by atoms with E-state index < -0.39 is 0 Å². The minimum absolute atomic E-state index is 0.118. The van der Waals surface area contributed by atoms with Crippen molar-refractivity contribution in [2.24, 2.45) is 5.92 Å². The highest BCUT2D eigenvalue weighted by molar-refractivity contribution is 6.21. The van der Waals surface area contributed by atoms with E-state index in [-0.39, 0.29) is 11.3 Å². The van der Waals surface area contributed by atoms with Crippen LogP contribution < -0.4 is 5.32 Å². The van der Waals surface area contributed by atoms with Gasteiger partial charge in [0.2, 0.25) is 5.91 Å². The Morgan fingerprint density at radius 2 is 1.81 bits per heavy atom. The van der Waals surface area contributed by atoms with E-state index in [0.29, 0.717) is 12.3 Å². The summed E-state index contributed by atoms with van der Waals surface area (Å²) in [5.41, 5.74) is 3.46. The highest BCUT2D eigenvalue weighted by atomic mass is 35.5. The first-order valence-electron chi connectivity index (χ1n) is 8.31. The van der Waals surface area contributed by atoms with Crippen LogP contribution >= 0.6 is 11.6 Å². The number of anilines is 1. The van der Waals surface area contributed by atoms with Crippen LogP contribution in [0.3, 0.4) is 0 Å². The molecule has 0 aromatic heterocycles. The van der Waals surface area contributed by atoms with Crippen molar-refractivity contribution in [1.29, 1.82) is 0 Å².